The van der Waals surface area contributed by atoms with E-state index in [1.807, 2.05) is 19.9 Å². The molecule has 1 aromatic heterocycles. The number of nitro benzene ring substituents is 1. The minimum Gasteiger partial charge on any atom is -0.465 e. The highest BCUT2D eigenvalue weighted by Gasteiger charge is 2.22. The molecule has 1 aromatic carbocycles. The van der Waals surface area contributed by atoms with Crippen molar-refractivity contribution in [3.8, 4) is 0 Å². The number of H-pyrrole nitrogens is 1. The van der Waals surface area contributed by atoms with Gasteiger partial charge in [-0.25, -0.2) is 4.79 Å². The maximum Gasteiger partial charge on any atom is 0.338 e. The Morgan fingerprint density at radius 2 is 2.00 bits per heavy atom. The molecule has 0 saturated carbocycles. The number of rotatable bonds is 4. The second-order valence-corrected chi connectivity index (χ2v) is 4.87. The molecule has 1 heterocycles. The smallest absolute Gasteiger partial charge is 0.338 e. The van der Waals surface area contributed by atoms with Crippen LogP contribution >= 0.6 is 0 Å². The number of aromatic nitrogens is 1. The average Bonchev–Trinajstić information content (AvgIpc) is 2.81. The number of nitro groups is 1. The first-order valence-corrected chi connectivity index (χ1v) is 6.64. The fourth-order valence-corrected chi connectivity index (χ4v) is 2.26. The van der Waals surface area contributed by atoms with Crippen LogP contribution in [0.2, 0.25) is 0 Å². The number of para-hydroxylation sites is 1. The van der Waals surface area contributed by atoms with Gasteiger partial charge in [0.25, 0.3) is 5.69 Å². The number of nitrogens with one attached hydrogen (secondary N) is 1. The maximum absolute atomic E-state index is 12.1. The SMILES string of the molecule is COC(=O)/C(=C\c1[nH]c(C)cc1C)c1ccccc1[N+](=O)[O-]. The van der Waals surface area contributed by atoms with Gasteiger partial charge >= 0.3 is 5.97 Å². The molecule has 1 N–H and O–H groups in total. The lowest BCUT2D eigenvalue weighted by molar-refractivity contribution is -0.385. The van der Waals surface area contributed by atoms with Crippen molar-refractivity contribution in [1.82, 2.24) is 4.98 Å². The zero-order chi connectivity index (χ0) is 16.3. The largest absolute Gasteiger partial charge is 0.465 e. The van der Waals surface area contributed by atoms with Crippen LogP contribution in [0.5, 0.6) is 0 Å². The minimum atomic E-state index is -0.624. The van der Waals surface area contributed by atoms with E-state index in [4.69, 9.17) is 4.74 Å². The quantitative estimate of drug-likeness (QED) is 0.406. The topological polar surface area (TPSA) is 85.2 Å². The Kier molecular flexibility index (Phi) is 4.41. The Hall–Kier alpha value is -2.89. The Bertz CT molecular complexity index is 759. The molecule has 0 bridgehead atoms. The molecule has 0 amide bonds. The zero-order valence-electron chi connectivity index (χ0n) is 12.5. The fraction of sp³-hybridized carbons (Fsp3) is 0.188. The van der Waals surface area contributed by atoms with Gasteiger partial charge in [0.05, 0.1) is 23.2 Å². The van der Waals surface area contributed by atoms with Crippen LogP contribution in [-0.2, 0) is 9.53 Å². The van der Waals surface area contributed by atoms with Gasteiger partial charge in [0, 0.05) is 17.5 Å². The van der Waals surface area contributed by atoms with E-state index in [1.54, 1.807) is 18.2 Å². The molecule has 2 aromatic rings. The number of esters is 1. The summed E-state index contributed by atoms with van der Waals surface area (Å²) in [5.74, 6) is -0.624. The zero-order valence-corrected chi connectivity index (χ0v) is 12.5. The molecular weight excluding hydrogens is 284 g/mol. The van der Waals surface area contributed by atoms with Crippen molar-refractivity contribution in [2.24, 2.45) is 0 Å². The highest BCUT2D eigenvalue weighted by atomic mass is 16.6. The summed E-state index contributed by atoms with van der Waals surface area (Å²) >= 11 is 0. The first-order chi connectivity index (χ1) is 10.4. The number of benzene rings is 1. The highest BCUT2D eigenvalue weighted by molar-refractivity contribution is 6.22. The van der Waals surface area contributed by atoms with E-state index in [1.165, 1.54) is 19.2 Å². The molecular formula is C16H16N2O4. The lowest BCUT2D eigenvalue weighted by Crippen LogP contribution is -2.06. The number of nitrogens with zero attached hydrogens (tertiary/aromatic N) is 1. The molecule has 0 aliphatic carbocycles. The lowest BCUT2D eigenvalue weighted by atomic mass is 10.0. The van der Waals surface area contributed by atoms with Crippen LogP contribution in [0.25, 0.3) is 11.6 Å². The summed E-state index contributed by atoms with van der Waals surface area (Å²) in [6, 6.07) is 8.03. The Labute approximate surface area is 127 Å². The number of carbonyl (C=O) groups excluding carboxylic acids is 1. The van der Waals surface area contributed by atoms with Gasteiger partial charge in [-0.2, -0.15) is 0 Å². The summed E-state index contributed by atoms with van der Waals surface area (Å²) in [7, 11) is 1.25. The summed E-state index contributed by atoms with van der Waals surface area (Å²) in [4.78, 5) is 25.9. The number of hydrogen-bond acceptors (Lipinski definition) is 4. The molecule has 2 rings (SSSR count). The molecule has 0 unspecified atom stereocenters. The third kappa shape index (κ3) is 3.06. The van der Waals surface area contributed by atoms with Gasteiger partial charge in [0.15, 0.2) is 0 Å². The lowest BCUT2D eigenvalue weighted by Gasteiger charge is -2.07. The summed E-state index contributed by atoms with van der Waals surface area (Å²) in [5, 5.41) is 11.2. The minimum absolute atomic E-state index is 0.139. The van der Waals surface area contributed by atoms with Gasteiger partial charge in [-0.3, -0.25) is 10.1 Å². The van der Waals surface area contributed by atoms with Gasteiger partial charge in [0.2, 0.25) is 0 Å². The molecule has 0 saturated heterocycles. The van der Waals surface area contributed by atoms with Gasteiger partial charge in [0.1, 0.15) is 0 Å². The van der Waals surface area contributed by atoms with Crippen molar-refractivity contribution in [2.45, 2.75) is 13.8 Å². The maximum atomic E-state index is 12.1. The normalized spacial score (nSPS) is 11.3. The number of hydrogen-bond donors (Lipinski definition) is 1. The second kappa shape index (κ2) is 6.26. The summed E-state index contributed by atoms with van der Waals surface area (Å²) in [6.45, 7) is 3.79. The second-order valence-electron chi connectivity index (χ2n) is 4.87. The summed E-state index contributed by atoms with van der Waals surface area (Å²) in [5.41, 5.74) is 2.83. The predicted molar refractivity (Wildman–Crippen MR) is 83.3 cm³/mol. The van der Waals surface area contributed by atoms with E-state index in [0.717, 1.165) is 17.0 Å². The average molecular weight is 300 g/mol. The standard InChI is InChI=1S/C16H16N2O4/c1-10-8-11(2)17-14(10)9-13(16(19)22-3)12-6-4-5-7-15(12)18(20)21/h4-9,17H,1-3H3/b13-9-. The van der Waals surface area contributed by atoms with E-state index >= 15 is 0 Å². The molecule has 0 spiro atoms. The van der Waals surface area contributed by atoms with Crippen LogP contribution in [0, 0.1) is 24.0 Å². The van der Waals surface area contributed by atoms with Gasteiger partial charge in [-0.05, 0) is 37.6 Å². The Balaban J connectivity index is 2.64. The summed E-state index contributed by atoms with van der Waals surface area (Å²) in [6.07, 6.45) is 1.58. The number of ether oxygens (including phenoxy) is 1. The number of carbonyl (C=O) groups is 1. The number of aromatic amines is 1. The Morgan fingerprint density at radius 3 is 2.55 bits per heavy atom. The van der Waals surface area contributed by atoms with Gasteiger partial charge in [-0.1, -0.05) is 12.1 Å². The molecule has 0 atom stereocenters. The van der Waals surface area contributed by atoms with Crippen LogP contribution < -0.4 is 0 Å². The predicted octanol–water partition coefficient (Wildman–Crippen LogP) is 3.25. The first-order valence-electron chi connectivity index (χ1n) is 6.64. The molecule has 6 nitrogen and oxygen atoms in total. The van der Waals surface area contributed by atoms with Crippen molar-refractivity contribution in [3.05, 3.63) is 63.0 Å². The third-order valence-corrected chi connectivity index (χ3v) is 3.27. The molecule has 0 radical (unpaired) electrons. The van der Waals surface area contributed by atoms with Gasteiger partial charge < -0.3 is 9.72 Å². The fourth-order valence-electron chi connectivity index (χ4n) is 2.26. The molecule has 6 heteroatoms. The van der Waals surface area contributed by atoms with Crippen molar-refractivity contribution in [2.75, 3.05) is 7.11 Å². The van der Waals surface area contributed by atoms with Crippen molar-refractivity contribution >= 4 is 23.3 Å². The van der Waals surface area contributed by atoms with E-state index in [9.17, 15) is 14.9 Å². The molecule has 0 aliphatic rings. The van der Waals surface area contributed by atoms with Crippen LogP contribution in [-0.4, -0.2) is 23.0 Å². The van der Waals surface area contributed by atoms with Crippen molar-refractivity contribution < 1.29 is 14.5 Å². The van der Waals surface area contributed by atoms with Gasteiger partial charge in [-0.15, -0.1) is 0 Å². The van der Waals surface area contributed by atoms with E-state index in [-0.39, 0.29) is 16.8 Å². The van der Waals surface area contributed by atoms with E-state index in [2.05, 4.69) is 4.98 Å². The van der Waals surface area contributed by atoms with Crippen LogP contribution in [0.4, 0.5) is 5.69 Å². The van der Waals surface area contributed by atoms with Crippen LogP contribution in [0.15, 0.2) is 30.3 Å². The molecule has 114 valence electrons. The van der Waals surface area contributed by atoms with Crippen LogP contribution in [0.1, 0.15) is 22.5 Å². The number of aryl methyl sites for hydroxylation is 2. The molecule has 0 aliphatic heterocycles. The first kappa shape index (κ1) is 15.5. The summed E-state index contributed by atoms with van der Waals surface area (Å²) < 4.78 is 4.78. The highest BCUT2D eigenvalue weighted by Crippen LogP contribution is 2.29. The molecule has 0 fully saturated rings. The third-order valence-electron chi connectivity index (χ3n) is 3.27. The molecule has 22 heavy (non-hydrogen) atoms. The van der Waals surface area contributed by atoms with E-state index < -0.39 is 10.9 Å². The monoisotopic (exact) mass is 300 g/mol. The van der Waals surface area contributed by atoms with Crippen molar-refractivity contribution in [3.63, 3.8) is 0 Å². The van der Waals surface area contributed by atoms with E-state index in [0.29, 0.717) is 0 Å². The number of methoxy groups -OCH3 is 1. The van der Waals surface area contributed by atoms with Crippen molar-refractivity contribution in [1.29, 1.82) is 0 Å². The van der Waals surface area contributed by atoms with Crippen LogP contribution in [0.3, 0.4) is 0 Å². The Morgan fingerprint density at radius 1 is 1.32 bits per heavy atom.